The first-order valence-corrected chi connectivity index (χ1v) is 5.08. The van der Waals surface area contributed by atoms with Crippen LogP contribution in [0.1, 0.15) is 0 Å². The number of benzene rings is 1. The van der Waals surface area contributed by atoms with Crippen LogP contribution in [0.15, 0.2) is 18.2 Å². The predicted molar refractivity (Wildman–Crippen MR) is 58.6 cm³/mol. The molecule has 1 aromatic rings. The average Bonchev–Trinajstić information content (AvgIpc) is 2.21. The Hall–Kier alpha value is -1.47. The van der Waals surface area contributed by atoms with Crippen LogP contribution in [0.5, 0.6) is 5.75 Å². The van der Waals surface area contributed by atoms with E-state index in [4.69, 9.17) is 11.6 Å². The lowest BCUT2D eigenvalue weighted by Crippen LogP contribution is -2.23. The van der Waals surface area contributed by atoms with Crippen LogP contribution in [0.25, 0.3) is 0 Å². The van der Waals surface area contributed by atoms with Gasteiger partial charge < -0.3 is 15.2 Å². The Morgan fingerprint density at radius 1 is 1.44 bits per heavy atom. The lowest BCUT2D eigenvalue weighted by Gasteiger charge is -2.08. The van der Waals surface area contributed by atoms with Gasteiger partial charge in [0, 0.05) is 11.8 Å². The van der Waals surface area contributed by atoms with E-state index < -0.39 is 25.3 Å². The largest absolute Gasteiger partial charge is 0.506 e. The number of amides is 1. The van der Waals surface area contributed by atoms with Crippen LogP contribution in [0.3, 0.4) is 0 Å². The Kier molecular flexibility index (Phi) is 4.80. The minimum absolute atomic E-state index is 0.0984. The fourth-order valence-electron chi connectivity index (χ4n) is 1.05. The summed E-state index contributed by atoms with van der Waals surface area (Å²) in [4.78, 5) is 11.2. The highest BCUT2D eigenvalue weighted by atomic mass is 35.5. The third kappa shape index (κ3) is 5.24. The summed E-state index contributed by atoms with van der Waals surface area (Å²) in [6.07, 6.45) is -4.47. The van der Waals surface area contributed by atoms with Gasteiger partial charge in [-0.25, -0.2) is 0 Å². The average molecular weight is 284 g/mol. The van der Waals surface area contributed by atoms with Gasteiger partial charge in [0.1, 0.15) is 19.0 Å². The number of hydrogen-bond donors (Lipinski definition) is 2. The monoisotopic (exact) mass is 283 g/mol. The lowest BCUT2D eigenvalue weighted by atomic mass is 10.3. The minimum atomic E-state index is -4.47. The maximum atomic E-state index is 11.7. The normalized spacial score (nSPS) is 11.3. The first-order chi connectivity index (χ1) is 8.28. The van der Waals surface area contributed by atoms with Crippen molar-refractivity contribution in [2.45, 2.75) is 6.18 Å². The number of anilines is 1. The van der Waals surface area contributed by atoms with E-state index in [1.165, 1.54) is 18.2 Å². The summed E-state index contributed by atoms with van der Waals surface area (Å²) in [7, 11) is 0. The fraction of sp³-hybridized carbons (Fsp3) is 0.300. The zero-order chi connectivity index (χ0) is 13.8. The predicted octanol–water partition coefficient (Wildman–Crippen LogP) is 2.56. The molecule has 0 aliphatic heterocycles. The van der Waals surface area contributed by atoms with Gasteiger partial charge in [-0.2, -0.15) is 13.2 Å². The molecule has 0 fully saturated rings. The lowest BCUT2D eigenvalue weighted by molar-refractivity contribution is -0.174. The Balaban J connectivity index is 2.42. The Morgan fingerprint density at radius 3 is 2.67 bits per heavy atom. The first kappa shape index (κ1) is 14.6. The van der Waals surface area contributed by atoms with E-state index in [0.29, 0.717) is 0 Å². The third-order valence-corrected chi connectivity index (χ3v) is 2.05. The number of ether oxygens (including phenoxy) is 1. The van der Waals surface area contributed by atoms with Gasteiger partial charge in [-0.3, -0.25) is 4.79 Å². The van der Waals surface area contributed by atoms with Gasteiger partial charge in [-0.15, -0.1) is 0 Å². The highest BCUT2D eigenvalue weighted by Crippen LogP contribution is 2.26. The molecule has 8 heteroatoms. The summed E-state index contributed by atoms with van der Waals surface area (Å²) in [6.45, 7) is -2.23. The molecule has 0 aliphatic carbocycles. The molecule has 0 saturated carbocycles. The number of hydrogen-bond acceptors (Lipinski definition) is 3. The highest BCUT2D eigenvalue weighted by molar-refractivity contribution is 6.32. The molecule has 0 bridgehead atoms. The molecule has 1 amide bonds. The number of aromatic hydroxyl groups is 1. The van der Waals surface area contributed by atoms with Crippen LogP contribution < -0.4 is 5.32 Å². The van der Waals surface area contributed by atoms with Crippen molar-refractivity contribution in [3.05, 3.63) is 23.2 Å². The quantitative estimate of drug-likeness (QED) is 0.893. The third-order valence-electron chi connectivity index (χ3n) is 1.73. The summed E-state index contributed by atoms with van der Waals surface area (Å²) in [5.41, 5.74) is 0.206. The first-order valence-electron chi connectivity index (χ1n) is 4.71. The van der Waals surface area contributed by atoms with E-state index >= 15 is 0 Å². The van der Waals surface area contributed by atoms with Crippen molar-refractivity contribution in [2.24, 2.45) is 0 Å². The minimum Gasteiger partial charge on any atom is -0.506 e. The highest BCUT2D eigenvalue weighted by Gasteiger charge is 2.27. The summed E-state index contributed by atoms with van der Waals surface area (Å²) in [5.74, 6) is -1.01. The molecule has 0 heterocycles. The van der Waals surface area contributed by atoms with Crippen LogP contribution in [0, 0.1) is 0 Å². The van der Waals surface area contributed by atoms with E-state index in [-0.39, 0.29) is 16.5 Å². The van der Waals surface area contributed by atoms with Crippen LogP contribution in [-0.4, -0.2) is 30.4 Å². The second-order valence-electron chi connectivity index (χ2n) is 3.32. The number of carbonyl (C=O) groups is 1. The van der Waals surface area contributed by atoms with Crippen molar-refractivity contribution in [1.29, 1.82) is 0 Å². The van der Waals surface area contributed by atoms with Gasteiger partial charge in [-0.05, 0) is 12.1 Å². The second kappa shape index (κ2) is 5.92. The molecule has 4 nitrogen and oxygen atoms in total. The Morgan fingerprint density at radius 2 is 2.11 bits per heavy atom. The zero-order valence-corrected chi connectivity index (χ0v) is 9.68. The van der Waals surface area contributed by atoms with Gasteiger partial charge in [0.05, 0.1) is 5.02 Å². The molecule has 0 aliphatic rings. The number of carbonyl (C=O) groups excluding carboxylic acids is 1. The maximum absolute atomic E-state index is 11.7. The van der Waals surface area contributed by atoms with Crippen LogP contribution in [0.2, 0.25) is 5.02 Å². The van der Waals surface area contributed by atoms with Crippen molar-refractivity contribution in [1.82, 2.24) is 0 Å². The molecule has 0 unspecified atom stereocenters. The van der Waals surface area contributed by atoms with Crippen LogP contribution >= 0.6 is 11.6 Å². The molecule has 0 atom stereocenters. The molecule has 0 radical (unpaired) electrons. The molecule has 1 aromatic carbocycles. The Bertz CT molecular complexity index is 437. The van der Waals surface area contributed by atoms with Gasteiger partial charge >= 0.3 is 6.18 Å². The van der Waals surface area contributed by atoms with Crippen molar-refractivity contribution in [3.8, 4) is 5.75 Å². The topological polar surface area (TPSA) is 58.6 Å². The van der Waals surface area contributed by atoms with E-state index in [1.54, 1.807) is 0 Å². The molecule has 0 aromatic heterocycles. The summed E-state index contributed by atoms with van der Waals surface area (Å²) < 4.78 is 39.3. The van der Waals surface area contributed by atoms with Crippen LogP contribution in [-0.2, 0) is 9.53 Å². The molecule has 2 N–H and O–H groups in total. The number of phenolic OH excluding ortho intramolecular Hbond substituents is 1. The zero-order valence-electron chi connectivity index (χ0n) is 8.92. The summed E-state index contributed by atoms with van der Waals surface area (Å²) in [5, 5.41) is 11.6. The van der Waals surface area contributed by atoms with E-state index in [1.807, 2.05) is 0 Å². The molecule has 18 heavy (non-hydrogen) atoms. The van der Waals surface area contributed by atoms with Gasteiger partial charge in [0.15, 0.2) is 0 Å². The van der Waals surface area contributed by atoms with Crippen molar-refractivity contribution >= 4 is 23.2 Å². The fourth-order valence-corrected chi connectivity index (χ4v) is 1.16. The smallest absolute Gasteiger partial charge is 0.411 e. The SMILES string of the molecule is O=C(COCC(F)(F)F)Nc1ccc(Cl)c(O)c1. The van der Waals surface area contributed by atoms with E-state index in [0.717, 1.165) is 0 Å². The molecule has 100 valence electrons. The number of nitrogens with one attached hydrogen (secondary N) is 1. The molecular formula is C10H9ClF3NO3. The standard InChI is InChI=1S/C10H9ClF3NO3/c11-7-2-1-6(3-8(7)16)15-9(17)4-18-5-10(12,13)14/h1-3,16H,4-5H2,(H,15,17). The summed E-state index contributed by atoms with van der Waals surface area (Å²) in [6, 6.07) is 3.90. The van der Waals surface area contributed by atoms with Crippen molar-refractivity contribution < 1.29 is 27.8 Å². The number of rotatable bonds is 4. The maximum Gasteiger partial charge on any atom is 0.411 e. The summed E-state index contributed by atoms with van der Waals surface area (Å²) >= 11 is 5.54. The van der Waals surface area contributed by atoms with Gasteiger partial charge in [-0.1, -0.05) is 11.6 Å². The van der Waals surface area contributed by atoms with Gasteiger partial charge in [0.25, 0.3) is 0 Å². The number of phenols is 1. The van der Waals surface area contributed by atoms with E-state index in [9.17, 15) is 23.1 Å². The van der Waals surface area contributed by atoms with Gasteiger partial charge in [0.2, 0.25) is 5.91 Å². The molecule has 0 saturated heterocycles. The second-order valence-corrected chi connectivity index (χ2v) is 3.73. The number of halogens is 4. The van der Waals surface area contributed by atoms with Crippen molar-refractivity contribution in [2.75, 3.05) is 18.5 Å². The molecular weight excluding hydrogens is 275 g/mol. The van der Waals surface area contributed by atoms with Crippen molar-refractivity contribution in [3.63, 3.8) is 0 Å². The van der Waals surface area contributed by atoms with E-state index in [2.05, 4.69) is 10.1 Å². The van der Waals surface area contributed by atoms with Crippen LogP contribution in [0.4, 0.5) is 18.9 Å². The molecule has 1 rings (SSSR count). The number of alkyl halides is 3. The molecule has 0 spiro atoms. The Labute approximate surface area is 105 Å².